The molecule has 0 spiro atoms. The van der Waals surface area contributed by atoms with E-state index in [1.54, 1.807) is 0 Å². The van der Waals surface area contributed by atoms with Gasteiger partial charge in [-0.3, -0.25) is 14.5 Å². The van der Waals surface area contributed by atoms with Crippen LogP contribution in [0.1, 0.15) is 38.2 Å². The van der Waals surface area contributed by atoms with Crippen molar-refractivity contribution < 1.29 is 19.1 Å². The van der Waals surface area contributed by atoms with E-state index in [1.165, 1.54) is 0 Å². The van der Waals surface area contributed by atoms with Gasteiger partial charge in [-0.25, -0.2) is 4.79 Å². The third kappa shape index (κ3) is 3.58. The van der Waals surface area contributed by atoms with Gasteiger partial charge in [0.15, 0.2) is 0 Å². The number of carbonyl (C=O) groups excluding carboxylic acids is 3. The number of carbonyl (C=O) groups is 3. The van der Waals surface area contributed by atoms with Crippen LogP contribution >= 0.6 is 0 Å². The molecule has 140 valence electrons. The van der Waals surface area contributed by atoms with E-state index in [-0.39, 0.29) is 24.5 Å². The molecule has 2 aliphatic heterocycles. The van der Waals surface area contributed by atoms with Gasteiger partial charge in [0.2, 0.25) is 5.91 Å². The number of benzene rings is 1. The average Bonchev–Trinajstić information content (AvgIpc) is 3.24. The SMILES string of the molecule is CCC[C@]1(c2ccccc2)NC(=O)N(CC(=O)NC[C@@H]2CCCO2)C1=O. The lowest BCUT2D eigenvalue weighted by molar-refractivity contribution is -0.135. The molecular formula is C19H25N3O4. The predicted octanol–water partition coefficient (Wildman–Crippen LogP) is 1.53. The van der Waals surface area contributed by atoms with Gasteiger partial charge in [0.05, 0.1) is 6.10 Å². The first kappa shape index (κ1) is 18.4. The summed E-state index contributed by atoms with van der Waals surface area (Å²) in [6.07, 6.45) is 3.13. The fourth-order valence-corrected chi connectivity index (χ4v) is 3.61. The van der Waals surface area contributed by atoms with Crippen LogP contribution in [0, 0.1) is 0 Å². The van der Waals surface area contributed by atoms with E-state index in [4.69, 9.17) is 4.74 Å². The second-order valence-electron chi connectivity index (χ2n) is 6.78. The molecule has 1 aromatic carbocycles. The Morgan fingerprint density at radius 1 is 1.35 bits per heavy atom. The molecule has 0 aromatic heterocycles. The molecule has 2 fully saturated rings. The molecule has 4 amide bonds. The summed E-state index contributed by atoms with van der Waals surface area (Å²) in [7, 11) is 0. The minimum Gasteiger partial charge on any atom is -0.376 e. The van der Waals surface area contributed by atoms with Crippen LogP contribution in [0.2, 0.25) is 0 Å². The van der Waals surface area contributed by atoms with Gasteiger partial charge in [-0.05, 0) is 24.8 Å². The van der Waals surface area contributed by atoms with Gasteiger partial charge in [0.25, 0.3) is 5.91 Å². The van der Waals surface area contributed by atoms with E-state index in [9.17, 15) is 14.4 Å². The van der Waals surface area contributed by atoms with Crippen LogP contribution in [0.5, 0.6) is 0 Å². The van der Waals surface area contributed by atoms with Crippen LogP contribution in [0.25, 0.3) is 0 Å². The van der Waals surface area contributed by atoms with Gasteiger partial charge < -0.3 is 15.4 Å². The average molecular weight is 359 g/mol. The van der Waals surface area contributed by atoms with E-state index in [0.717, 1.165) is 29.7 Å². The number of hydrogen-bond donors (Lipinski definition) is 2. The maximum Gasteiger partial charge on any atom is 0.325 e. The summed E-state index contributed by atoms with van der Waals surface area (Å²) >= 11 is 0. The van der Waals surface area contributed by atoms with Crippen molar-refractivity contribution in [2.75, 3.05) is 19.7 Å². The van der Waals surface area contributed by atoms with Gasteiger partial charge in [0, 0.05) is 13.2 Å². The standard InChI is InChI=1S/C19H25N3O4/c1-2-10-19(14-7-4-3-5-8-14)17(24)22(18(25)21-19)13-16(23)20-12-15-9-6-11-26-15/h3-5,7-8,15H,2,6,9-13H2,1H3,(H,20,23)(H,21,25)/t15-,19+/m0/s1. The molecule has 0 saturated carbocycles. The third-order valence-corrected chi connectivity index (χ3v) is 4.92. The highest BCUT2D eigenvalue weighted by Crippen LogP contribution is 2.33. The first-order valence-electron chi connectivity index (χ1n) is 9.15. The lowest BCUT2D eigenvalue weighted by atomic mass is 9.85. The summed E-state index contributed by atoms with van der Waals surface area (Å²) in [4.78, 5) is 38.7. The lowest BCUT2D eigenvalue weighted by Gasteiger charge is -2.26. The van der Waals surface area contributed by atoms with Gasteiger partial charge in [-0.2, -0.15) is 0 Å². The zero-order valence-electron chi connectivity index (χ0n) is 15.0. The predicted molar refractivity (Wildman–Crippen MR) is 95.3 cm³/mol. The Hall–Kier alpha value is -2.41. The Labute approximate surface area is 153 Å². The van der Waals surface area contributed by atoms with Crippen LogP contribution in [0.3, 0.4) is 0 Å². The summed E-state index contributed by atoms with van der Waals surface area (Å²) in [5.74, 6) is -0.729. The molecule has 0 radical (unpaired) electrons. The van der Waals surface area contributed by atoms with Crippen molar-refractivity contribution in [3.63, 3.8) is 0 Å². The van der Waals surface area contributed by atoms with Crippen molar-refractivity contribution in [1.82, 2.24) is 15.5 Å². The largest absolute Gasteiger partial charge is 0.376 e. The van der Waals surface area contributed by atoms with Crippen molar-refractivity contribution in [2.45, 2.75) is 44.2 Å². The Bertz CT molecular complexity index is 673. The fraction of sp³-hybridized carbons (Fsp3) is 0.526. The smallest absolute Gasteiger partial charge is 0.325 e. The monoisotopic (exact) mass is 359 g/mol. The first-order valence-corrected chi connectivity index (χ1v) is 9.15. The molecule has 2 heterocycles. The summed E-state index contributed by atoms with van der Waals surface area (Å²) in [6, 6.07) is 8.66. The van der Waals surface area contributed by atoms with Gasteiger partial charge in [-0.15, -0.1) is 0 Å². The molecule has 7 nitrogen and oxygen atoms in total. The summed E-state index contributed by atoms with van der Waals surface area (Å²) in [6.45, 7) is 2.79. The molecule has 7 heteroatoms. The van der Waals surface area contributed by atoms with E-state index in [0.29, 0.717) is 19.6 Å². The minimum absolute atomic E-state index is 0.0190. The highest BCUT2D eigenvalue weighted by molar-refractivity contribution is 6.09. The highest BCUT2D eigenvalue weighted by atomic mass is 16.5. The number of nitrogens with zero attached hydrogens (tertiary/aromatic N) is 1. The number of ether oxygens (including phenoxy) is 1. The maximum absolute atomic E-state index is 13.1. The topological polar surface area (TPSA) is 87.7 Å². The zero-order valence-corrected chi connectivity index (χ0v) is 15.0. The second-order valence-corrected chi connectivity index (χ2v) is 6.78. The normalized spacial score (nSPS) is 25.4. The molecule has 2 saturated heterocycles. The van der Waals surface area contributed by atoms with Crippen molar-refractivity contribution in [1.29, 1.82) is 0 Å². The lowest BCUT2D eigenvalue weighted by Crippen LogP contribution is -2.45. The van der Waals surface area contributed by atoms with E-state index in [2.05, 4.69) is 10.6 Å². The number of nitrogens with one attached hydrogen (secondary N) is 2. The van der Waals surface area contributed by atoms with Gasteiger partial charge in [0.1, 0.15) is 12.1 Å². The highest BCUT2D eigenvalue weighted by Gasteiger charge is 2.52. The number of imide groups is 1. The van der Waals surface area contributed by atoms with Crippen LogP contribution in [-0.4, -0.2) is 48.5 Å². The van der Waals surface area contributed by atoms with Crippen molar-refractivity contribution in [2.24, 2.45) is 0 Å². The van der Waals surface area contributed by atoms with E-state index < -0.39 is 11.6 Å². The molecule has 1 aromatic rings. The van der Waals surface area contributed by atoms with Crippen LogP contribution in [0.15, 0.2) is 30.3 Å². The number of amides is 4. The number of hydrogen-bond acceptors (Lipinski definition) is 4. The second kappa shape index (κ2) is 7.86. The minimum atomic E-state index is -1.10. The molecule has 2 atom stereocenters. The van der Waals surface area contributed by atoms with Crippen molar-refractivity contribution >= 4 is 17.8 Å². The molecular weight excluding hydrogens is 334 g/mol. The van der Waals surface area contributed by atoms with Gasteiger partial charge in [-0.1, -0.05) is 43.7 Å². The van der Waals surface area contributed by atoms with Crippen LogP contribution in [-0.2, 0) is 19.9 Å². The Balaban J connectivity index is 1.69. The molecule has 0 bridgehead atoms. The van der Waals surface area contributed by atoms with Crippen LogP contribution < -0.4 is 10.6 Å². The van der Waals surface area contributed by atoms with Crippen molar-refractivity contribution in [3.8, 4) is 0 Å². The summed E-state index contributed by atoms with van der Waals surface area (Å²) in [5, 5.41) is 5.57. The Morgan fingerprint density at radius 2 is 2.12 bits per heavy atom. The van der Waals surface area contributed by atoms with Crippen molar-refractivity contribution in [3.05, 3.63) is 35.9 Å². The van der Waals surface area contributed by atoms with Gasteiger partial charge >= 0.3 is 6.03 Å². The summed E-state index contributed by atoms with van der Waals surface area (Å²) in [5.41, 5.74) is -0.357. The Kier molecular flexibility index (Phi) is 5.56. The van der Waals surface area contributed by atoms with E-state index in [1.807, 2.05) is 37.3 Å². The molecule has 2 N–H and O–H groups in total. The third-order valence-electron chi connectivity index (χ3n) is 4.92. The molecule has 2 aliphatic rings. The zero-order chi connectivity index (χ0) is 18.6. The quantitative estimate of drug-likeness (QED) is 0.723. The molecule has 3 rings (SSSR count). The first-order chi connectivity index (χ1) is 12.6. The van der Waals surface area contributed by atoms with E-state index >= 15 is 0 Å². The molecule has 0 unspecified atom stereocenters. The maximum atomic E-state index is 13.1. The number of urea groups is 1. The fourth-order valence-electron chi connectivity index (χ4n) is 3.61. The molecule has 0 aliphatic carbocycles. The Morgan fingerprint density at radius 3 is 2.77 bits per heavy atom. The molecule has 26 heavy (non-hydrogen) atoms. The van der Waals surface area contributed by atoms with Crippen LogP contribution in [0.4, 0.5) is 4.79 Å². The number of rotatable bonds is 7. The summed E-state index contributed by atoms with van der Waals surface area (Å²) < 4.78 is 5.46.